The van der Waals surface area contributed by atoms with Crippen molar-refractivity contribution >= 4 is 17.4 Å². The third-order valence-electron chi connectivity index (χ3n) is 2.25. The van der Waals surface area contributed by atoms with Crippen LogP contribution in [-0.4, -0.2) is 16.5 Å². The molecule has 94 valence electrons. The van der Waals surface area contributed by atoms with E-state index in [1.165, 1.54) is 0 Å². The Balaban J connectivity index is 1.99. The molecular weight excluding hydrogens is 250 g/mol. The molecule has 0 aliphatic rings. The lowest BCUT2D eigenvalue weighted by molar-refractivity contribution is 0.293. The molecule has 5 heteroatoms. The minimum Gasteiger partial charge on any atom is -0.472 e. The second-order valence-electron chi connectivity index (χ2n) is 3.69. The van der Waals surface area contributed by atoms with Crippen molar-refractivity contribution in [3.63, 3.8) is 0 Å². The van der Waals surface area contributed by atoms with Crippen LogP contribution in [-0.2, 0) is 6.61 Å². The number of anilines is 1. The summed E-state index contributed by atoms with van der Waals surface area (Å²) in [6.07, 6.45) is 3.25. The zero-order valence-corrected chi connectivity index (χ0v) is 10.8. The molecular formula is C13H14ClN3O. The van der Waals surface area contributed by atoms with Crippen LogP contribution in [0.2, 0.25) is 5.02 Å². The number of aromatic nitrogens is 2. The maximum atomic E-state index is 5.90. The fraction of sp³-hybridized carbons (Fsp3) is 0.231. The zero-order chi connectivity index (χ0) is 12.8. The normalized spacial score (nSPS) is 10.1. The number of hydrogen-bond acceptors (Lipinski definition) is 4. The molecule has 0 aliphatic carbocycles. The number of hydrogen-bond donors (Lipinski definition) is 1. The van der Waals surface area contributed by atoms with Gasteiger partial charge in [-0.2, -0.15) is 4.98 Å². The summed E-state index contributed by atoms with van der Waals surface area (Å²) in [5.74, 6) is 1.20. The van der Waals surface area contributed by atoms with E-state index in [9.17, 15) is 0 Å². The molecule has 0 saturated carbocycles. The van der Waals surface area contributed by atoms with Gasteiger partial charge in [-0.25, -0.2) is 0 Å². The Kier molecular flexibility index (Phi) is 4.36. The highest BCUT2D eigenvalue weighted by molar-refractivity contribution is 6.30. The summed E-state index contributed by atoms with van der Waals surface area (Å²) in [6, 6.07) is 7.54. The zero-order valence-electron chi connectivity index (χ0n) is 10.1. The third-order valence-corrected chi connectivity index (χ3v) is 2.48. The Bertz CT molecular complexity index is 519. The smallest absolute Gasteiger partial charge is 0.234 e. The van der Waals surface area contributed by atoms with Crippen LogP contribution < -0.4 is 10.1 Å². The highest BCUT2D eigenvalue weighted by atomic mass is 35.5. The Morgan fingerprint density at radius 2 is 2.22 bits per heavy atom. The van der Waals surface area contributed by atoms with Crippen LogP contribution in [0.4, 0.5) is 5.82 Å². The molecule has 1 heterocycles. The Morgan fingerprint density at radius 1 is 1.33 bits per heavy atom. The molecule has 2 rings (SSSR count). The molecule has 1 N–H and O–H groups in total. The summed E-state index contributed by atoms with van der Waals surface area (Å²) in [4.78, 5) is 8.33. The van der Waals surface area contributed by atoms with Crippen LogP contribution in [0, 0.1) is 0 Å². The molecule has 0 amide bonds. The van der Waals surface area contributed by atoms with Gasteiger partial charge in [0.1, 0.15) is 12.4 Å². The first-order chi connectivity index (χ1) is 8.78. The summed E-state index contributed by atoms with van der Waals surface area (Å²) in [5, 5.41) is 3.78. The minimum atomic E-state index is 0.421. The van der Waals surface area contributed by atoms with E-state index in [4.69, 9.17) is 16.3 Å². The molecule has 4 nitrogen and oxygen atoms in total. The van der Waals surface area contributed by atoms with Gasteiger partial charge >= 0.3 is 0 Å². The second kappa shape index (κ2) is 6.21. The lowest BCUT2D eigenvalue weighted by atomic mass is 10.2. The molecule has 0 bridgehead atoms. The molecule has 0 spiro atoms. The Morgan fingerprint density at radius 3 is 3.00 bits per heavy atom. The average molecular weight is 264 g/mol. The SMILES string of the molecule is CCNc1cncc(OCc2cccc(Cl)c2)n1. The lowest BCUT2D eigenvalue weighted by Crippen LogP contribution is -2.03. The monoisotopic (exact) mass is 263 g/mol. The Labute approximate surface area is 111 Å². The number of halogens is 1. The second-order valence-corrected chi connectivity index (χ2v) is 4.13. The standard InChI is InChI=1S/C13H14ClN3O/c1-2-16-12-7-15-8-13(17-12)18-9-10-4-3-5-11(14)6-10/h3-8H,2,9H2,1H3,(H,16,17). The van der Waals surface area contributed by atoms with Crippen LogP contribution in [0.3, 0.4) is 0 Å². The fourth-order valence-corrected chi connectivity index (χ4v) is 1.68. The molecule has 0 aliphatic heterocycles. The van der Waals surface area contributed by atoms with Gasteiger partial charge in [-0.05, 0) is 24.6 Å². The number of rotatable bonds is 5. The predicted molar refractivity (Wildman–Crippen MR) is 72.0 cm³/mol. The quantitative estimate of drug-likeness (QED) is 0.900. The van der Waals surface area contributed by atoms with Crippen molar-refractivity contribution in [1.29, 1.82) is 0 Å². The van der Waals surface area contributed by atoms with Gasteiger partial charge in [0.05, 0.1) is 12.4 Å². The highest BCUT2D eigenvalue weighted by Gasteiger charge is 2.00. The van der Waals surface area contributed by atoms with Crippen molar-refractivity contribution in [1.82, 2.24) is 9.97 Å². The van der Waals surface area contributed by atoms with Gasteiger partial charge in [0.25, 0.3) is 0 Å². The topological polar surface area (TPSA) is 47.0 Å². The molecule has 18 heavy (non-hydrogen) atoms. The molecule has 2 aromatic rings. The van der Waals surface area contributed by atoms with Gasteiger partial charge in [0.15, 0.2) is 0 Å². The van der Waals surface area contributed by atoms with Gasteiger partial charge in [-0.1, -0.05) is 23.7 Å². The van der Waals surface area contributed by atoms with E-state index < -0.39 is 0 Å². The van der Waals surface area contributed by atoms with E-state index in [0.717, 1.165) is 12.1 Å². The third kappa shape index (κ3) is 3.60. The van der Waals surface area contributed by atoms with E-state index in [1.807, 2.05) is 31.2 Å². The highest BCUT2D eigenvalue weighted by Crippen LogP contribution is 2.14. The van der Waals surface area contributed by atoms with Crippen LogP contribution in [0.5, 0.6) is 5.88 Å². The summed E-state index contributed by atoms with van der Waals surface area (Å²) in [7, 11) is 0. The molecule has 0 radical (unpaired) electrons. The van der Waals surface area contributed by atoms with E-state index in [2.05, 4.69) is 15.3 Å². The van der Waals surface area contributed by atoms with Gasteiger partial charge in [0.2, 0.25) is 5.88 Å². The van der Waals surface area contributed by atoms with Crippen LogP contribution in [0.25, 0.3) is 0 Å². The summed E-state index contributed by atoms with van der Waals surface area (Å²) >= 11 is 5.90. The molecule has 0 unspecified atom stereocenters. The molecule has 1 aromatic carbocycles. The number of ether oxygens (including phenoxy) is 1. The molecule has 1 aromatic heterocycles. The lowest BCUT2D eigenvalue weighted by Gasteiger charge is -2.07. The van der Waals surface area contributed by atoms with Crippen molar-refractivity contribution in [2.24, 2.45) is 0 Å². The van der Waals surface area contributed by atoms with Crippen LogP contribution >= 0.6 is 11.6 Å². The first-order valence-electron chi connectivity index (χ1n) is 5.71. The first kappa shape index (κ1) is 12.6. The van der Waals surface area contributed by atoms with E-state index >= 15 is 0 Å². The number of nitrogens with zero attached hydrogens (tertiary/aromatic N) is 2. The van der Waals surface area contributed by atoms with E-state index in [0.29, 0.717) is 23.3 Å². The van der Waals surface area contributed by atoms with Crippen LogP contribution in [0.15, 0.2) is 36.7 Å². The summed E-state index contributed by atoms with van der Waals surface area (Å²) in [5.41, 5.74) is 0.998. The van der Waals surface area contributed by atoms with Crippen LogP contribution in [0.1, 0.15) is 12.5 Å². The predicted octanol–water partition coefficient (Wildman–Crippen LogP) is 3.14. The molecule has 0 fully saturated rings. The maximum absolute atomic E-state index is 5.90. The van der Waals surface area contributed by atoms with Gasteiger partial charge in [-0.3, -0.25) is 4.98 Å². The number of nitrogens with one attached hydrogen (secondary N) is 1. The van der Waals surface area contributed by atoms with Gasteiger partial charge in [0, 0.05) is 11.6 Å². The minimum absolute atomic E-state index is 0.421. The molecule has 0 saturated heterocycles. The van der Waals surface area contributed by atoms with E-state index in [-0.39, 0.29) is 0 Å². The van der Waals surface area contributed by atoms with Crippen molar-refractivity contribution < 1.29 is 4.74 Å². The van der Waals surface area contributed by atoms with Crippen molar-refractivity contribution in [3.8, 4) is 5.88 Å². The van der Waals surface area contributed by atoms with E-state index in [1.54, 1.807) is 12.4 Å². The van der Waals surface area contributed by atoms with Crippen molar-refractivity contribution in [2.45, 2.75) is 13.5 Å². The van der Waals surface area contributed by atoms with Gasteiger partial charge < -0.3 is 10.1 Å². The first-order valence-corrected chi connectivity index (χ1v) is 6.09. The Hall–Kier alpha value is -1.81. The molecule has 0 atom stereocenters. The largest absolute Gasteiger partial charge is 0.472 e. The fourth-order valence-electron chi connectivity index (χ4n) is 1.47. The van der Waals surface area contributed by atoms with Crippen molar-refractivity contribution in [2.75, 3.05) is 11.9 Å². The summed E-state index contributed by atoms with van der Waals surface area (Å²) < 4.78 is 5.56. The van der Waals surface area contributed by atoms with Gasteiger partial charge in [-0.15, -0.1) is 0 Å². The number of benzene rings is 1. The average Bonchev–Trinajstić information content (AvgIpc) is 2.37. The van der Waals surface area contributed by atoms with Crippen molar-refractivity contribution in [3.05, 3.63) is 47.2 Å². The summed E-state index contributed by atoms with van der Waals surface area (Å²) in [6.45, 7) is 3.22. The maximum Gasteiger partial charge on any atom is 0.234 e.